The Morgan fingerprint density at radius 3 is 2.94 bits per heavy atom. The Kier molecular flexibility index (Phi) is 3.90. The fraction of sp³-hybridized carbons (Fsp3) is 0.462. The van der Waals surface area contributed by atoms with E-state index in [1.807, 2.05) is 11.0 Å². The fourth-order valence-corrected chi connectivity index (χ4v) is 2.59. The summed E-state index contributed by atoms with van der Waals surface area (Å²) in [4.78, 5) is 6.26. The van der Waals surface area contributed by atoms with Crippen molar-refractivity contribution in [2.24, 2.45) is 10.7 Å². The molecule has 1 aromatic rings. The molecule has 3 nitrogen and oxygen atoms in total. The molecule has 0 radical (unpaired) electrons. The average molecular weight is 314 g/mol. The number of hydrogen-bond donors (Lipinski definition) is 1. The first-order valence-electron chi connectivity index (χ1n) is 6.07. The van der Waals surface area contributed by atoms with Crippen LogP contribution in [0.3, 0.4) is 0 Å². The van der Waals surface area contributed by atoms with Gasteiger partial charge in [0.15, 0.2) is 5.96 Å². The topological polar surface area (TPSA) is 41.6 Å². The van der Waals surface area contributed by atoms with E-state index in [1.54, 1.807) is 6.07 Å². The molecule has 2 unspecified atom stereocenters. The number of aliphatic imine (C=N–C) groups is 1. The molecule has 1 aliphatic heterocycles. The first-order chi connectivity index (χ1) is 8.54. The van der Waals surface area contributed by atoms with Crippen molar-refractivity contribution >= 4 is 21.9 Å². The van der Waals surface area contributed by atoms with Gasteiger partial charge in [0, 0.05) is 16.1 Å². The molecule has 0 spiro atoms. The normalized spacial score (nSPS) is 21.0. The summed E-state index contributed by atoms with van der Waals surface area (Å²) in [7, 11) is 0. The summed E-state index contributed by atoms with van der Waals surface area (Å²) in [5.41, 5.74) is 6.56. The zero-order chi connectivity index (χ0) is 13.3. The minimum absolute atomic E-state index is 0.0898. The van der Waals surface area contributed by atoms with E-state index in [9.17, 15) is 4.39 Å². The van der Waals surface area contributed by atoms with Gasteiger partial charge in [-0.15, -0.1) is 0 Å². The summed E-state index contributed by atoms with van der Waals surface area (Å²) in [5.74, 6) is 0.296. The molecule has 0 aromatic heterocycles. The Labute approximate surface area is 115 Å². The van der Waals surface area contributed by atoms with Crippen LogP contribution < -0.4 is 5.73 Å². The maximum Gasteiger partial charge on any atom is 0.192 e. The molecule has 18 heavy (non-hydrogen) atoms. The number of nitrogens with two attached hydrogens (primary N) is 1. The molecule has 98 valence electrons. The van der Waals surface area contributed by atoms with Crippen molar-refractivity contribution in [3.8, 4) is 0 Å². The van der Waals surface area contributed by atoms with Gasteiger partial charge >= 0.3 is 0 Å². The molecule has 2 atom stereocenters. The minimum Gasteiger partial charge on any atom is -0.370 e. The van der Waals surface area contributed by atoms with Gasteiger partial charge in [-0.3, -0.25) is 4.99 Å². The lowest BCUT2D eigenvalue weighted by Gasteiger charge is -2.32. The van der Waals surface area contributed by atoms with Crippen LogP contribution >= 0.6 is 15.9 Å². The van der Waals surface area contributed by atoms with E-state index in [-0.39, 0.29) is 17.9 Å². The SMILES string of the molecule is CCC(C)N1C(N)=NCC1c1ccc(Br)cc1F. The van der Waals surface area contributed by atoms with Crippen molar-refractivity contribution in [1.29, 1.82) is 0 Å². The second-order valence-electron chi connectivity index (χ2n) is 4.55. The highest BCUT2D eigenvalue weighted by Crippen LogP contribution is 2.31. The van der Waals surface area contributed by atoms with Gasteiger partial charge in [-0.2, -0.15) is 0 Å². The van der Waals surface area contributed by atoms with E-state index >= 15 is 0 Å². The average Bonchev–Trinajstić information content (AvgIpc) is 2.70. The summed E-state index contributed by atoms with van der Waals surface area (Å²) in [6.07, 6.45) is 0.949. The van der Waals surface area contributed by atoms with Gasteiger partial charge in [0.25, 0.3) is 0 Å². The monoisotopic (exact) mass is 313 g/mol. The van der Waals surface area contributed by atoms with Crippen molar-refractivity contribution in [3.63, 3.8) is 0 Å². The van der Waals surface area contributed by atoms with Crippen molar-refractivity contribution < 1.29 is 4.39 Å². The van der Waals surface area contributed by atoms with Gasteiger partial charge in [0.05, 0.1) is 12.6 Å². The second-order valence-corrected chi connectivity index (χ2v) is 5.46. The van der Waals surface area contributed by atoms with Crippen molar-refractivity contribution in [2.75, 3.05) is 6.54 Å². The highest BCUT2D eigenvalue weighted by atomic mass is 79.9. The molecule has 0 aliphatic carbocycles. The quantitative estimate of drug-likeness (QED) is 0.931. The number of rotatable bonds is 3. The van der Waals surface area contributed by atoms with Gasteiger partial charge < -0.3 is 10.6 Å². The van der Waals surface area contributed by atoms with Gasteiger partial charge in [-0.25, -0.2) is 4.39 Å². The Balaban J connectivity index is 2.33. The zero-order valence-electron chi connectivity index (χ0n) is 10.5. The van der Waals surface area contributed by atoms with Crippen molar-refractivity contribution in [1.82, 2.24) is 4.90 Å². The predicted octanol–water partition coefficient (Wildman–Crippen LogP) is 3.06. The third-order valence-electron chi connectivity index (χ3n) is 3.41. The predicted molar refractivity (Wildman–Crippen MR) is 74.9 cm³/mol. The molecule has 0 saturated heterocycles. The first kappa shape index (κ1) is 13.3. The smallest absolute Gasteiger partial charge is 0.192 e. The van der Waals surface area contributed by atoms with Crippen molar-refractivity contribution in [2.45, 2.75) is 32.4 Å². The molecule has 1 aromatic carbocycles. The molecule has 0 fully saturated rings. The van der Waals surface area contributed by atoms with Gasteiger partial charge in [0.2, 0.25) is 0 Å². The van der Waals surface area contributed by atoms with Gasteiger partial charge in [0.1, 0.15) is 5.82 Å². The largest absolute Gasteiger partial charge is 0.370 e. The molecular formula is C13H17BrFN3. The van der Waals surface area contributed by atoms with Crippen LogP contribution in [0, 0.1) is 5.82 Å². The summed E-state index contributed by atoms with van der Waals surface area (Å²) in [6, 6.07) is 5.30. The van der Waals surface area contributed by atoms with E-state index in [4.69, 9.17) is 5.73 Å². The lowest BCUT2D eigenvalue weighted by atomic mass is 10.0. The Bertz CT molecular complexity index is 475. The van der Waals surface area contributed by atoms with E-state index in [0.29, 0.717) is 18.1 Å². The minimum atomic E-state index is -0.215. The van der Waals surface area contributed by atoms with Crippen LogP contribution in [0.15, 0.2) is 27.7 Å². The third-order valence-corrected chi connectivity index (χ3v) is 3.91. The van der Waals surface area contributed by atoms with E-state index < -0.39 is 0 Å². The van der Waals surface area contributed by atoms with Crippen LogP contribution in [0.4, 0.5) is 4.39 Å². The lowest BCUT2D eigenvalue weighted by Crippen LogP contribution is -2.42. The molecular weight excluding hydrogens is 297 g/mol. The molecule has 0 amide bonds. The van der Waals surface area contributed by atoms with E-state index in [0.717, 1.165) is 10.9 Å². The van der Waals surface area contributed by atoms with Gasteiger partial charge in [-0.05, 0) is 25.5 Å². The number of benzene rings is 1. The number of hydrogen-bond acceptors (Lipinski definition) is 3. The molecule has 0 bridgehead atoms. The summed E-state index contributed by atoms with van der Waals surface area (Å²) in [6.45, 7) is 4.69. The molecule has 5 heteroatoms. The fourth-order valence-electron chi connectivity index (χ4n) is 2.26. The number of halogens is 2. The Hall–Kier alpha value is -1.10. The van der Waals surface area contributed by atoms with Crippen LogP contribution in [0.2, 0.25) is 0 Å². The van der Waals surface area contributed by atoms with Crippen LogP contribution in [-0.4, -0.2) is 23.4 Å². The highest BCUT2D eigenvalue weighted by molar-refractivity contribution is 9.10. The van der Waals surface area contributed by atoms with Crippen LogP contribution in [0.1, 0.15) is 31.9 Å². The molecule has 1 heterocycles. The molecule has 2 rings (SSSR count). The van der Waals surface area contributed by atoms with Crippen LogP contribution in [-0.2, 0) is 0 Å². The molecule has 2 N–H and O–H groups in total. The van der Waals surface area contributed by atoms with Gasteiger partial charge in [-0.1, -0.05) is 28.9 Å². The Morgan fingerprint density at radius 2 is 2.33 bits per heavy atom. The van der Waals surface area contributed by atoms with E-state index in [2.05, 4.69) is 34.8 Å². The Morgan fingerprint density at radius 1 is 1.61 bits per heavy atom. The summed E-state index contributed by atoms with van der Waals surface area (Å²) < 4.78 is 14.8. The first-order valence-corrected chi connectivity index (χ1v) is 6.87. The maximum atomic E-state index is 14.0. The maximum absolute atomic E-state index is 14.0. The zero-order valence-corrected chi connectivity index (χ0v) is 12.1. The van der Waals surface area contributed by atoms with Crippen LogP contribution in [0.5, 0.6) is 0 Å². The van der Waals surface area contributed by atoms with E-state index in [1.165, 1.54) is 6.07 Å². The number of nitrogens with zero attached hydrogens (tertiary/aromatic N) is 2. The molecule has 1 aliphatic rings. The second kappa shape index (κ2) is 5.26. The third kappa shape index (κ3) is 2.36. The lowest BCUT2D eigenvalue weighted by molar-refractivity contribution is 0.263. The summed E-state index contributed by atoms with van der Waals surface area (Å²) >= 11 is 3.27. The van der Waals surface area contributed by atoms with Crippen LogP contribution in [0.25, 0.3) is 0 Å². The number of guanidine groups is 1. The van der Waals surface area contributed by atoms with Crippen molar-refractivity contribution in [3.05, 3.63) is 34.1 Å². The standard InChI is InChI=1S/C13H17BrFN3/c1-3-8(2)18-12(7-17-13(18)16)10-5-4-9(14)6-11(10)15/h4-6,8,12H,3,7H2,1-2H3,(H2,16,17). The summed E-state index contributed by atoms with van der Waals surface area (Å²) in [5, 5.41) is 0. The highest BCUT2D eigenvalue weighted by Gasteiger charge is 2.32. The molecule has 0 saturated carbocycles.